The molecule has 0 atom stereocenters. The van der Waals surface area contributed by atoms with E-state index < -0.39 is 17.4 Å². The number of aryl methyl sites for hydroxylation is 2. The van der Waals surface area contributed by atoms with Gasteiger partial charge in [-0.3, -0.25) is 4.98 Å². The topological polar surface area (TPSA) is 63.1 Å². The quantitative estimate of drug-likeness (QED) is 0.462. The van der Waals surface area contributed by atoms with Gasteiger partial charge in [-0.2, -0.15) is 22.8 Å². The largest absolute Gasteiger partial charge is 0.416 e. The van der Waals surface area contributed by atoms with Crippen molar-refractivity contribution in [3.63, 3.8) is 0 Å². The van der Waals surface area contributed by atoms with Crippen molar-refractivity contribution in [1.29, 1.82) is 0 Å². The predicted octanol–water partition coefficient (Wildman–Crippen LogP) is 5.01. The minimum atomic E-state index is -4.37. The smallest absolute Gasteiger partial charge is 0.285 e. The van der Waals surface area contributed by atoms with Crippen molar-refractivity contribution in [3.05, 3.63) is 81.4 Å². The van der Waals surface area contributed by atoms with Crippen LogP contribution in [0.15, 0.2) is 58.5 Å². The molecule has 1 N–H and O–H groups in total. The second-order valence-electron chi connectivity index (χ2n) is 6.89. The summed E-state index contributed by atoms with van der Waals surface area (Å²) in [7, 11) is 0. The van der Waals surface area contributed by atoms with E-state index in [4.69, 9.17) is 0 Å². The lowest BCUT2D eigenvalue weighted by atomic mass is 10.0. The maximum atomic E-state index is 12.7. The maximum Gasteiger partial charge on any atom is 0.416 e. The van der Waals surface area contributed by atoms with Crippen LogP contribution in [0, 0.1) is 13.8 Å². The van der Waals surface area contributed by atoms with Crippen LogP contribution in [-0.4, -0.2) is 19.6 Å². The van der Waals surface area contributed by atoms with E-state index in [9.17, 15) is 18.0 Å². The van der Waals surface area contributed by atoms with Gasteiger partial charge < -0.3 is 0 Å². The molecule has 0 aliphatic carbocycles. The Labute approximate surface area is 174 Å². The molecule has 2 heterocycles. The van der Waals surface area contributed by atoms with Crippen LogP contribution in [0.1, 0.15) is 22.4 Å². The minimum Gasteiger partial charge on any atom is -0.285 e. The summed E-state index contributed by atoms with van der Waals surface area (Å²) in [5.74, 6) is 0.365. The van der Waals surface area contributed by atoms with Gasteiger partial charge in [-0.25, -0.2) is 9.78 Å². The van der Waals surface area contributed by atoms with Crippen molar-refractivity contribution in [3.8, 4) is 11.1 Å². The molecule has 5 nitrogen and oxygen atoms in total. The van der Waals surface area contributed by atoms with Crippen molar-refractivity contribution in [1.82, 2.24) is 19.6 Å². The first-order valence-electron chi connectivity index (χ1n) is 9.08. The molecule has 0 spiro atoms. The lowest BCUT2D eigenvalue weighted by molar-refractivity contribution is -0.137. The number of nitrogens with zero attached hydrogens (tertiary/aromatic N) is 3. The summed E-state index contributed by atoms with van der Waals surface area (Å²) < 4.78 is 39.3. The first-order valence-corrected chi connectivity index (χ1v) is 10.1. The average molecular weight is 430 g/mol. The zero-order valence-corrected chi connectivity index (χ0v) is 16.9. The number of hydrogen-bond acceptors (Lipinski definition) is 4. The highest BCUT2D eigenvalue weighted by molar-refractivity contribution is 7.98. The fourth-order valence-corrected chi connectivity index (χ4v) is 3.90. The summed E-state index contributed by atoms with van der Waals surface area (Å²) >= 11 is 1.24. The first-order chi connectivity index (χ1) is 14.2. The molecule has 0 radical (unpaired) electrons. The molecular weight excluding hydrogens is 413 g/mol. The number of benzene rings is 2. The summed E-state index contributed by atoms with van der Waals surface area (Å²) in [5, 5.41) is 4.67. The molecular formula is C21H17F3N4OS. The van der Waals surface area contributed by atoms with E-state index in [-0.39, 0.29) is 0 Å². The van der Waals surface area contributed by atoms with Crippen molar-refractivity contribution in [2.75, 3.05) is 0 Å². The number of H-pyrrole nitrogens is 1. The molecule has 30 heavy (non-hydrogen) atoms. The Morgan fingerprint density at radius 3 is 2.33 bits per heavy atom. The van der Waals surface area contributed by atoms with Crippen LogP contribution >= 0.6 is 11.8 Å². The van der Waals surface area contributed by atoms with Crippen LogP contribution in [-0.2, 0) is 11.9 Å². The second kappa shape index (κ2) is 7.64. The SMILES string of the molecule is Cc1ccc(-c2c(C)nn3c(=O)[nH]c(SCc4ccc(C(F)(F)F)cc4)nc23)cc1. The second-order valence-corrected chi connectivity index (χ2v) is 7.86. The zero-order chi connectivity index (χ0) is 21.5. The molecule has 4 aromatic rings. The van der Waals surface area contributed by atoms with Crippen LogP contribution in [0.2, 0.25) is 0 Å². The number of hydrogen-bond donors (Lipinski definition) is 1. The van der Waals surface area contributed by atoms with Gasteiger partial charge in [-0.1, -0.05) is 53.7 Å². The highest BCUT2D eigenvalue weighted by atomic mass is 32.2. The molecule has 4 rings (SSSR count). The average Bonchev–Trinajstić information content (AvgIpc) is 3.03. The highest BCUT2D eigenvalue weighted by Crippen LogP contribution is 2.31. The van der Waals surface area contributed by atoms with Crippen molar-refractivity contribution < 1.29 is 13.2 Å². The van der Waals surface area contributed by atoms with Gasteiger partial charge >= 0.3 is 11.9 Å². The number of rotatable bonds is 4. The van der Waals surface area contributed by atoms with Gasteiger partial charge in [0.1, 0.15) is 0 Å². The Hall–Kier alpha value is -3.07. The Morgan fingerprint density at radius 2 is 1.70 bits per heavy atom. The number of aromatic amines is 1. The van der Waals surface area contributed by atoms with Crippen molar-refractivity contribution in [2.45, 2.75) is 30.9 Å². The normalized spacial score (nSPS) is 11.9. The first kappa shape index (κ1) is 20.2. The van der Waals surface area contributed by atoms with Gasteiger partial charge in [-0.15, -0.1) is 0 Å². The maximum absolute atomic E-state index is 12.7. The van der Waals surface area contributed by atoms with E-state index in [0.717, 1.165) is 28.8 Å². The van der Waals surface area contributed by atoms with Crippen LogP contribution in [0.5, 0.6) is 0 Å². The zero-order valence-electron chi connectivity index (χ0n) is 16.1. The van der Waals surface area contributed by atoms with Crippen LogP contribution in [0.25, 0.3) is 16.8 Å². The minimum absolute atomic E-state index is 0.365. The molecule has 0 amide bonds. The van der Waals surface area contributed by atoms with Crippen molar-refractivity contribution in [2.24, 2.45) is 0 Å². The molecule has 154 valence electrons. The Morgan fingerprint density at radius 1 is 1.03 bits per heavy atom. The van der Waals surface area contributed by atoms with Gasteiger partial charge in [0.05, 0.1) is 11.3 Å². The molecule has 0 saturated heterocycles. The lowest BCUT2D eigenvalue weighted by Gasteiger charge is -2.07. The lowest BCUT2D eigenvalue weighted by Crippen LogP contribution is -2.19. The summed E-state index contributed by atoms with van der Waals surface area (Å²) in [6, 6.07) is 12.8. The van der Waals surface area contributed by atoms with Gasteiger partial charge in [0.25, 0.3) is 0 Å². The van der Waals surface area contributed by atoms with E-state index in [0.29, 0.717) is 27.8 Å². The molecule has 0 bridgehead atoms. The van der Waals surface area contributed by atoms with Crippen molar-refractivity contribution >= 4 is 17.4 Å². The fourth-order valence-electron chi connectivity index (χ4n) is 3.10. The molecule has 0 aliphatic heterocycles. The van der Waals surface area contributed by atoms with Gasteiger partial charge in [0, 0.05) is 11.3 Å². The molecule has 0 fully saturated rings. The fraction of sp³-hybridized carbons (Fsp3) is 0.190. The van der Waals surface area contributed by atoms with E-state index in [1.54, 1.807) is 0 Å². The summed E-state index contributed by atoms with van der Waals surface area (Å²) in [6.45, 7) is 3.81. The highest BCUT2D eigenvalue weighted by Gasteiger charge is 2.29. The molecule has 0 saturated carbocycles. The monoisotopic (exact) mass is 430 g/mol. The number of halogens is 3. The third-order valence-electron chi connectivity index (χ3n) is 4.65. The summed E-state index contributed by atoms with van der Waals surface area (Å²) in [6.07, 6.45) is -4.37. The van der Waals surface area contributed by atoms with Gasteiger partial charge in [0.15, 0.2) is 10.8 Å². The number of nitrogens with one attached hydrogen (secondary N) is 1. The number of thioether (sulfide) groups is 1. The molecule has 0 aliphatic rings. The van der Waals surface area contributed by atoms with E-state index in [1.165, 1.54) is 28.4 Å². The van der Waals surface area contributed by atoms with Crippen LogP contribution in [0.4, 0.5) is 13.2 Å². The van der Waals surface area contributed by atoms with Gasteiger partial charge in [0.2, 0.25) is 0 Å². The van der Waals surface area contributed by atoms with E-state index in [2.05, 4.69) is 15.1 Å². The standard InChI is InChI=1S/C21H17F3N4OS/c1-12-3-7-15(8-4-12)17-13(2)27-28-18(17)25-19(26-20(28)29)30-11-14-5-9-16(10-6-14)21(22,23)24/h3-10H,11H2,1-2H3,(H,25,26,29). The molecule has 2 aromatic heterocycles. The van der Waals surface area contributed by atoms with Crippen LogP contribution in [0.3, 0.4) is 0 Å². The van der Waals surface area contributed by atoms with Crippen LogP contribution < -0.4 is 5.69 Å². The van der Waals surface area contributed by atoms with E-state index in [1.807, 2.05) is 38.1 Å². The Balaban J connectivity index is 1.65. The molecule has 0 unspecified atom stereocenters. The Kier molecular flexibility index (Phi) is 5.15. The third-order valence-corrected chi connectivity index (χ3v) is 5.59. The number of alkyl halides is 3. The third kappa shape index (κ3) is 3.97. The number of fused-ring (bicyclic) bond motifs is 1. The molecule has 2 aromatic carbocycles. The number of aromatic nitrogens is 4. The van der Waals surface area contributed by atoms with Gasteiger partial charge in [-0.05, 0) is 37.1 Å². The summed E-state index contributed by atoms with van der Waals surface area (Å²) in [5.41, 5.74) is 3.50. The summed E-state index contributed by atoms with van der Waals surface area (Å²) in [4.78, 5) is 19.7. The van der Waals surface area contributed by atoms with E-state index >= 15 is 0 Å². The predicted molar refractivity (Wildman–Crippen MR) is 110 cm³/mol. The molecule has 9 heteroatoms. The Bertz CT molecular complexity index is 1260.